The molecule has 1 N–H and O–H groups in total. The second-order valence-electron chi connectivity index (χ2n) is 5.21. The van der Waals surface area contributed by atoms with E-state index in [1.165, 1.54) is 38.1 Å². The lowest BCUT2D eigenvalue weighted by Gasteiger charge is -2.25. The van der Waals surface area contributed by atoms with Crippen LogP contribution in [-0.2, 0) is 14.3 Å². The number of methoxy groups -OCH3 is 1. The molecule has 0 spiro atoms. The van der Waals surface area contributed by atoms with Crippen molar-refractivity contribution >= 4 is 23.6 Å². The minimum absolute atomic E-state index is 0.0913. The fourth-order valence-electron chi connectivity index (χ4n) is 2.34. The molecule has 0 radical (unpaired) electrons. The lowest BCUT2D eigenvalue weighted by Crippen LogP contribution is -2.40. The Balaban J connectivity index is 2.28. The van der Waals surface area contributed by atoms with Crippen molar-refractivity contribution in [1.29, 1.82) is 0 Å². The van der Waals surface area contributed by atoms with E-state index in [1.807, 2.05) is 13.8 Å². The monoisotopic (exact) mass is 287 g/mol. The Morgan fingerprint density at radius 1 is 1.26 bits per heavy atom. The molecule has 2 unspecified atom stereocenters. The number of hydrogen-bond donors (Lipinski definition) is 1. The van der Waals surface area contributed by atoms with Crippen molar-refractivity contribution in [2.24, 2.45) is 0 Å². The topological polar surface area (TPSA) is 55.4 Å². The highest BCUT2D eigenvalue weighted by Crippen LogP contribution is 2.22. The normalized spacial score (nSPS) is 19.5. The first kappa shape index (κ1) is 16.3. The second kappa shape index (κ2) is 8.46. The molecular weight excluding hydrogens is 262 g/mol. The van der Waals surface area contributed by atoms with Gasteiger partial charge in [0.25, 0.3) is 0 Å². The highest BCUT2D eigenvalue weighted by atomic mass is 32.2. The smallest absolute Gasteiger partial charge is 0.306 e. The van der Waals surface area contributed by atoms with Crippen molar-refractivity contribution in [3.8, 4) is 0 Å². The van der Waals surface area contributed by atoms with Crippen LogP contribution in [0.1, 0.15) is 52.4 Å². The fraction of sp³-hybridized carbons (Fsp3) is 0.857. The molecule has 0 saturated heterocycles. The minimum Gasteiger partial charge on any atom is -0.469 e. The predicted molar refractivity (Wildman–Crippen MR) is 78.2 cm³/mol. The number of nitrogens with one attached hydrogen (secondary N) is 1. The van der Waals surface area contributed by atoms with Crippen molar-refractivity contribution in [2.45, 2.75) is 68.9 Å². The van der Waals surface area contributed by atoms with Crippen LogP contribution in [0.3, 0.4) is 0 Å². The van der Waals surface area contributed by atoms with E-state index < -0.39 is 0 Å². The van der Waals surface area contributed by atoms with Gasteiger partial charge in [0.2, 0.25) is 5.91 Å². The largest absolute Gasteiger partial charge is 0.469 e. The van der Waals surface area contributed by atoms with Gasteiger partial charge in [-0.15, -0.1) is 11.8 Å². The average molecular weight is 287 g/mol. The maximum atomic E-state index is 12.1. The third-order valence-corrected chi connectivity index (χ3v) is 4.69. The van der Waals surface area contributed by atoms with E-state index in [1.54, 1.807) is 0 Å². The maximum absolute atomic E-state index is 12.1. The van der Waals surface area contributed by atoms with Gasteiger partial charge in [-0.2, -0.15) is 0 Å². The van der Waals surface area contributed by atoms with Crippen LogP contribution in [0.2, 0.25) is 0 Å². The summed E-state index contributed by atoms with van der Waals surface area (Å²) in [5, 5.41) is 3.09. The van der Waals surface area contributed by atoms with Gasteiger partial charge in [-0.05, 0) is 19.8 Å². The molecule has 0 aliphatic heterocycles. The molecule has 1 aliphatic carbocycles. The zero-order valence-corrected chi connectivity index (χ0v) is 12.9. The number of rotatable bonds is 6. The molecular formula is C14H25NO3S. The Morgan fingerprint density at radius 3 is 2.47 bits per heavy atom. The third-order valence-electron chi connectivity index (χ3n) is 3.44. The molecule has 1 fully saturated rings. The molecule has 0 aromatic carbocycles. The predicted octanol–water partition coefficient (Wildman–Crippen LogP) is 2.51. The van der Waals surface area contributed by atoms with Crippen LogP contribution in [0.5, 0.6) is 0 Å². The van der Waals surface area contributed by atoms with Crippen LogP contribution >= 0.6 is 11.8 Å². The lowest BCUT2D eigenvalue weighted by atomic mass is 9.95. The molecule has 0 aromatic rings. The third kappa shape index (κ3) is 6.32. The molecule has 1 amide bonds. The summed E-state index contributed by atoms with van der Waals surface area (Å²) in [4.78, 5) is 23.2. The summed E-state index contributed by atoms with van der Waals surface area (Å²) in [6.45, 7) is 3.85. The van der Waals surface area contributed by atoms with E-state index in [0.29, 0.717) is 12.5 Å². The zero-order chi connectivity index (χ0) is 14.3. The first-order chi connectivity index (χ1) is 9.02. The zero-order valence-electron chi connectivity index (χ0n) is 12.1. The van der Waals surface area contributed by atoms with Gasteiger partial charge in [-0.25, -0.2) is 0 Å². The van der Waals surface area contributed by atoms with Gasteiger partial charge in [0.05, 0.1) is 18.8 Å². The number of amides is 1. The van der Waals surface area contributed by atoms with Crippen molar-refractivity contribution in [1.82, 2.24) is 5.32 Å². The molecule has 1 rings (SSSR count). The highest BCUT2D eigenvalue weighted by Gasteiger charge is 2.22. The van der Waals surface area contributed by atoms with Gasteiger partial charge in [0.15, 0.2) is 0 Å². The molecule has 2 atom stereocenters. The van der Waals surface area contributed by atoms with E-state index >= 15 is 0 Å². The molecule has 4 nitrogen and oxygen atoms in total. The summed E-state index contributed by atoms with van der Waals surface area (Å²) in [6, 6.07) is 0.347. The quantitative estimate of drug-likeness (QED) is 0.763. The summed E-state index contributed by atoms with van der Waals surface area (Å²) in [6.07, 6.45) is 6.26. The Kier molecular flexibility index (Phi) is 7.28. The van der Waals surface area contributed by atoms with E-state index in [2.05, 4.69) is 10.1 Å². The Bertz CT molecular complexity index is 303. The van der Waals surface area contributed by atoms with Crippen LogP contribution in [0, 0.1) is 0 Å². The number of thioether (sulfide) groups is 1. The minimum atomic E-state index is -0.222. The number of hydrogen-bond acceptors (Lipinski definition) is 4. The molecule has 1 saturated carbocycles. The van der Waals surface area contributed by atoms with Crippen LogP contribution in [0.15, 0.2) is 0 Å². The Labute approximate surface area is 120 Å². The second-order valence-corrected chi connectivity index (χ2v) is 7.00. The summed E-state index contributed by atoms with van der Waals surface area (Å²) in [7, 11) is 1.39. The molecule has 1 aliphatic rings. The first-order valence-electron chi connectivity index (χ1n) is 7.05. The summed E-state index contributed by atoms with van der Waals surface area (Å²) in [5.41, 5.74) is 0. The van der Waals surface area contributed by atoms with E-state index in [0.717, 1.165) is 12.8 Å². The summed E-state index contributed by atoms with van der Waals surface area (Å²) < 4.78 is 4.63. The van der Waals surface area contributed by atoms with Crippen molar-refractivity contribution in [2.75, 3.05) is 7.11 Å². The highest BCUT2D eigenvalue weighted by molar-refractivity contribution is 8.01. The van der Waals surface area contributed by atoms with Crippen LogP contribution in [-0.4, -0.2) is 35.5 Å². The molecule has 0 aromatic heterocycles. The van der Waals surface area contributed by atoms with Gasteiger partial charge in [0.1, 0.15) is 0 Å². The number of ether oxygens (including phenoxy) is 1. The molecule has 110 valence electrons. The van der Waals surface area contributed by atoms with Gasteiger partial charge >= 0.3 is 5.97 Å². The fourth-order valence-corrected chi connectivity index (χ4v) is 3.46. The Morgan fingerprint density at radius 2 is 1.89 bits per heavy atom. The van der Waals surface area contributed by atoms with E-state index in [9.17, 15) is 9.59 Å². The molecule has 5 heteroatoms. The van der Waals surface area contributed by atoms with Crippen molar-refractivity contribution in [3.63, 3.8) is 0 Å². The van der Waals surface area contributed by atoms with Crippen molar-refractivity contribution in [3.05, 3.63) is 0 Å². The van der Waals surface area contributed by atoms with E-state index in [4.69, 9.17) is 0 Å². The summed E-state index contributed by atoms with van der Waals surface area (Å²) in [5.74, 6) is -0.131. The van der Waals surface area contributed by atoms with Crippen molar-refractivity contribution < 1.29 is 14.3 Å². The van der Waals surface area contributed by atoms with Crippen LogP contribution in [0.25, 0.3) is 0 Å². The van der Waals surface area contributed by atoms with E-state index in [-0.39, 0.29) is 22.4 Å². The van der Waals surface area contributed by atoms with Gasteiger partial charge in [-0.3, -0.25) is 9.59 Å². The maximum Gasteiger partial charge on any atom is 0.306 e. The molecule has 19 heavy (non-hydrogen) atoms. The lowest BCUT2D eigenvalue weighted by molar-refractivity contribution is -0.140. The Hall–Kier alpha value is -0.710. The SMILES string of the molecule is COC(=O)CC(C)SC(C)C(=O)NC1CCCCC1. The number of carbonyl (C=O) groups is 2. The number of carbonyl (C=O) groups excluding carboxylic acids is 2. The summed E-state index contributed by atoms with van der Waals surface area (Å²) >= 11 is 1.53. The first-order valence-corrected chi connectivity index (χ1v) is 8.00. The van der Waals surface area contributed by atoms with Crippen LogP contribution < -0.4 is 5.32 Å². The number of esters is 1. The van der Waals surface area contributed by atoms with Crippen LogP contribution in [0.4, 0.5) is 0 Å². The molecule has 0 heterocycles. The van der Waals surface area contributed by atoms with Gasteiger partial charge in [-0.1, -0.05) is 26.2 Å². The standard InChI is InChI=1S/C14H25NO3S/c1-10(9-13(16)18-3)19-11(2)14(17)15-12-7-5-4-6-8-12/h10-12H,4-9H2,1-3H3,(H,15,17). The average Bonchev–Trinajstić information content (AvgIpc) is 2.39. The van der Waals surface area contributed by atoms with Gasteiger partial charge in [0, 0.05) is 11.3 Å². The van der Waals surface area contributed by atoms with Gasteiger partial charge < -0.3 is 10.1 Å². The molecule has 0 bridgehead atoms.